The summed E-state index contributed by atoms with van der Waals surface area (Å²) in [7, 11) is -1.82. The molecule has 0 fully saturated rings. The lowest BCUT2D eigenvalue weighted by molar-refractivity contribution is -0.120. The van der Waals surface area contributed by atoms with Gasteiger partial charge in [0.05, 0.1) is 17.9 Å². The number of nitrogens with one attached hydrogen (secondary N) is 1. The zero-order valence-electron chi connectivity index (χ0n) is 12.5. The fraction of sp³-hybridized carbons (Fsp3) is 0.200. The summed E-state index contributed by atoms with van der Waals surface area (Å²) in [5.41, 5.74) is 0.216. The fourth-order valence-electron chi connectivity index (χ4n) is 2.17. The van der Waals surface area contributed by atoms with Crippen molar-refractivity contribution in [3.8, 4) is 5.75 Å². The van der Waals surface area contributed by atoms with E-state index in [1.807, 2.05) is 11.4 Å². The molecule has 1 atom stereocenters. The maximum Gasteiger partial charge on any atom is 0.475 e. The fourth-order valence-corrected chi connectivity index (χ4v) is 2.87. The molecule has 0 saturated carbocycles. The van der Waals surface area contributed by atoms with Crippen molar-refractivity contribution in [1.29, 1.82) is 0 Å². The standard InChI is InChI=1S/C15H16BNO6S/c18-12-6-10(15(20)21)4-3-9(12)7-13(16(22)23)17-14(19)8-11-2-1-5-24-11/h1-6,13,18,22-23H,7-8H2,(H,17,19)(H,20,21)/t13-/m0/s1. The lowest BCUT2D eigenvalue weighted by Gasteiger charge is -2.18. The topological polar surface area (TPSA) is 127 Å². The van der Waals surface area contributed by atoms with E-state index in [9.17, 15) is 24.7 Å². The SMILES string of the molecule is O=C(Cc1cccs1)N[C@@H](Cc1ccc(C(=O)O)cc1O)B(O)O. The Labute approximate surface area is 142 Å². The zero-order chi connectivity index (χ0) is 17.7. The van der Waals surface area contributed by atoms with Gasteiger partial charge in [-0.05, 0) is 35.6 Å². The molecule has 7 nitrogen and oxygen atoms in total. The molecular weight excluding hydrogens is 333 g/mol. The van der Waals surface area contributed by atoms with E-state index < -0.39 is 19.0 Å². The number of aromatic hydroxyl groups is 1. The van der Waals surface area contributed by atoms with E-state index in [-0.39, 0.29) is 30.1 Å². The first kappa shape index (κ1) is 18.0. The lowest BCUT2D eigenvalue weighted by Crippen LogP contribution is -2.48. The van der Waals surface area contributed by atoms with Gasteiger partial charge in [-0.2, -0.15) is 0 Å². The summed E-state index contributed by atoms with van der Waals surface area (Å²) in [5.74, 6) is -2.87. The Morgan fingerprint density at radius 3 is 2.54 bits per heavy atom. The third-order valence-electron chi connectivity index (χ3n) is 3.39. The second-order valence-corrected chi connectivity index (χ2v) is 6.23. The molecule has 0 aliphatic heterocycles. The Bertz CT molecular complexity index is 719. The van der Waals surface area contributed by atoms with Gasteiger partial charge in [0.15, 0.2) is 0 Å². The molecule has 0 aliphatic rings. The van der Waals surface area contributed by atoms with Crippen molar-refractivity contribution in [3.05, 3.63) is 51.7 Å². The molecule has 2 rings (SSSR count). The van der Waals surface area contributed by atoms with Crippen LogP contribution in [0.25, 0.3) is 0 Å². The maximum absolute atomic E-state index is 12.0. The number of amides is 1. The summed E-state index contributed by atoms with van der Waals surface area (Å²) < 4.78 is 0. The molecule has 0 bridgehead atoms. The summed E-state index contributed by atoms with van der Waals surface area (Å²) in [6, 6.07) is 7.36. The minimum atomic E-state index is -1.82. The van der Waals surface area contributed by atoms with E-state index in [0.717, 1.165) is 10.9 Å². The van der Waals surface area contributed by atoms with Crippen LogP contribution in [0.5, 0.6) is 5.75 Å². The molecule has 24 heavy (non-hydrogen) atoms. The minimum Gasteiger partial charge on any atom is -0.508 e. The smallest absolute Gasteiger partial charge is 0.475 e. The van der Waals surface area contributed by atoms with Crippen LogP contribution in [0.1, 0.15) is 20.8 Å². The second kappa shape index (κ2) is 7.96. The number of carboxylic acid groups (broad SMARTS) is 1. The number of thiophene rings is 1. The van der Waals surface area contributed by atoms with Crippen molar-refractivity contribution < 1.29 is 29.9 Å². The Morgan fingerprint density at radius 2 is 2.00 bits per heavy atom. The summed E-state index contributed by atoms with van der Waals surface area (Å²) in [6.07, 6.45) is 0.0599. The van der Waals surface area contributed by atoms with E-state index in [4.69, 9.17) is 5.11 Å². The molecule has 9 heteroatoms. The van der Waals surface area contributed by atoms with Gasteiger partial charge in [-0.15, -0.1) is 11.3 Å². The van der Waals surface area contributed by atoms with E-state index in [0.29, 0.717) is 5.56 Å². The van der Waals surface area contributed by atoms with Crippen LogP contribution >= 0.6 is 11.3 Å². The summed E-state index contributed by atoms with van der Waals surface area (Å²) in [4.78, 5) is 23.7. The molecule has 0 aliphatic carbocycles. The third kappa shape index (κ3) is 4.82. The highest BCUT2D eigenvalue weighted by Gasteiger charge is 2.26. The number of rotatable bonds is 7. The molecule has 1 aromatic carbocycles. The van der Waals surface area contributed by atoms with E-state index in [1.54, 1.807) is 6.07 Å². The van der Waals surface area contributed by atoms with Gasteiger partial charge >= 0.3 is 13.1 Å². The van der Waals surface area contributed by atoms with Crippen molar-refractivity contribution in [2.75, 3.05) is 0 Å². The first-order chi connectivity index (χ1) is 11.4. The van der Waals surface area contributed by atoms with Gasteiger partial charge in [0.2, 0.25) is 5.91 Å². The summed E-state index contributed by atoms with van der Waals surface area (Å²) in [5, 5.41) is 42.0. The van der Waals surface area contributed by atoms with Crippen LogP contribution in [0.4, 0.5) is 0 Å². The highest BCUT2D eigenvalue weighted by molar-refractivity contribution is 7.10. The highest BCUT2D eigenvalue weighted by Crippen LogP contribution is 2.21. The van der Waals surface area contributed by atoms with Gasteiger partial charge in [-0.25, -0.2) is 4.79 Å². The number of hydrogen-bond donors (Lipinski definition) is 5. The predicted octanol–water partition coefficient (Wildman–Crippen LogP) is 0.434. The van der Waals surface area contributed by atoms with Gasteiger partial charge in [-0.1, -0.05) is 12.1 Å². The highest BCUT2D eigenvalue weighted by atomic mass is 32.1. The van der Waals surface area contributed by atoms with Gasteiger partial charge in [0.25, 0.3) is 0 Å². The molecule has 0 radical (unpaired) electrons. The number of aromatic carboxylic acids is 1. The predicted molar refractivity (Wildman–Crippen MR) is 88.9 cm³/mol. The molecular formula is C15H16BNO6S. The number of phenols is 1. The molecule has 0 saturated heterocycles. The average Bonchev–Trinajstić information content (AvgIpc) is 3.00. The lowest BCUT2D eigenvalue weighted by atomic mass is 9.75. The van der Waals surface area contributed by atoms with Gasteiger partial charge in [0.1, 0.15) is 5.75 Å². The van der Waals surface area contributed by atoms with Crippen LogP contribution in [0.15, 0.2) is 35.7 Å². The maximum atomic E-state index is 12.0. The number of phenolic OH excluding ortho intramolecular Hbond substituents is 1. The quantitative estimate of drug-likeness (QED) is 0.462. The van der Waals surface area contributed by atoms with E-state index in [2.05, 4.69) is 5.32 Å². The summed E-state index contributed by atoms with van der Waals surface area (Å²) >= 11 is 1.42. The Hall–Kier alpha value is -2.36. The molecule has 0 unspecified atom stereocenters. The zero-order valence-corrected chi connectivity index (χ0v) is 13.4. The minimum absolute atomic E-state index is 0.0560. The van der Waals surface area contributed by atoms with Crippen molar-refractivity contribution in [2.45, 2.75) is 18.8 Å². The molecule has 126 valence electrons. The van der Waals surface area contributed by atoms with Crippen LogP contribution < -0.4 is 5.32 Å². The number of benzene rings is 1. The van der Waals surface area contributed by atoms with Gasteiger partial charge < -0.3 is 25.6 Å². The van der Waals surface area contributed by atoms with Crippen LogP contribution in [-0.2, 0) is 17.6 Å². The van der Waals surface area contributed by atoms with Gasteiger partial charge in [-0.3, -0.25) is 4.79 Å². The average molecular weight is 349 g/mol. The number of carbonyl (C=O) groups excluding carboxylic acids is 1. The largest absolute Gasteiger partial charge is 0.508 e. The molecule has 1 aromatic heterocycles. The second-order valence-electron chi connectivity index (χ2n) is 5.20. The number of carboxylic acids is 1. The first-order valence-corrected chi connectivity index (χ1v) is 7.98. The molecule has 0 spiro atoms. The van der Waals surface area contributed by atoms with Crippen molar-refractivity contribution in [3.63, 3.8) is 0 Å². The molecule has 1 heterocycles. The Morgan fingerprint density at radius 1 is 1.25 bits per heavy atom. The van der Waals surface area contributed by atoms with Crippen molar-refractivity contribution >= 4 is 30.3 Å². The van der Waals surface area contributed by atoms with Crippen LogP contribution in [0.3, 0.4) is 0 Å². The van der Waals surface area contributed by atoms with Crippen LogP contribution in [-0.4, -0.2) is 45.2 Å². The van der Waals surface area contributed by atoms with E-state index >= 15 is 0 Å². The van der Waals surface area contributed by atoms with Gasteiger partial charge in [0, 0.05) is 4.88 Å². The van der Waals surface area contributed by atoms with Crippen molar-refractivity contribution in [2.24, 2.45) is 0 Å². The van der Waals surface area contributed by atoms with Crippen LogP contribution in [0.2, 0.25) is 0 Å². The van der Waals surface area contributed by atoms with Crippen LogP contribution in [0, 0.1) is 0 Å². The Kier molecular flexibility index (Phi) is 5.96. The summed E-state index contributed by atoms with van der Waals surface area (Å²) in [6.45, 7) is 0. The third-order valence-corrected chi connectivity index (χ3v) is 4.27. The molecule has 1 amide bonds. The molecule has 5 N–H and O–H groups in total. The Balaban J connectivity index is 2.05. The molecule has 2 aromatic rings. The van der Waals surface area contributed by atoms with Crippen molar-refractivity contribution in [1.82, 2.24) is 5.32 Å². The van der Waals surface area contributed by atoms with E-state index in [1.165, 1.54) is 23.5 Å². The number of hydrogen-bond acceptors (Lipinski definition) is 6. The number of carbonyl (C=O) groups is 2. The first-order valence-electron chi connectivity index (χ1n) is 7.10. The normalized spacial score (nSPS) is 11.8. The monoisotopic (exact) mass is 349 g/mol.